The summed E-state index contributed by atoms with van der Waals surface area (Å²) in [5.74, 6) is -2.35. The van der Waals surface area contributed by atoms with Crippen LogP contribution in [0.3, 0.4) is 0 Å². The van der Waals surface area contributed by atoms with E-state index in [1.165, 1.54) is 19.3 Å². The summed E-state index contributed by atoms with van der Waals surface area (Å²) < 4.78 is 24.3. The zero-order chi connectivity index (χ0) is 12.8. The first-order chi connectivity index (χ1) is 8.74. The van der Waals surface area contributed by atoms with Crippen molar-refractivity contribution < 1.29 is 8.78 Å². The highest BCUT2D eigenvalue weighted by Gasteiger charge is 2.11. The monoisotopic (exact) mass is 272 g/mol. The van der Waals surface area contributed by atoms with E-state index in [0.29, 0.717) is 22.7 Å². The van der Waals surface area contributed by atoms with Crippen LogP contribution in [0.2, 0.25) is 0 Å². The van der Waals surface area contributed by atoms with Crippen molar-refractivity contribution in [2.75, 3.05) is 18.4 Å². The number of benzene rings is 1. The average Bonchev–Trinajstić information content (AvgIpc) is 2.38. The molecule has 0 bridgehead atoms. The highest BCUT2D eigenvalue weighted by atomic mass is 32.2. The molecule has 18 heavy (non-hydrogen) atoms. The van der Waals surface area contributed by atoms with Gasteiger partial charge in [-0.3, -0.25) is 0 Å². The zero-order valence-corrected chi connectivity index (χ0v) is 11.0. The Balaban J connectivity index is 1.78. The normalized spacial score (nSPS) is 20.1. The van der Waals surface area contributed by atoms with E-state index in [1.807, 2.05) is 12.1 Å². The van der Waals surface area contributed by atoms with Crippen LogP contribution < -0.4 is 10.6 Å². The van der Waals surface area contributed by atoms with Gasteiger partial charge in [-0.2, -0.15) is 8.78 Å². The molecule has 1 saturated heterocycles. The number of rotatable bonds is 5. The Bertz CT molecular complexity index is 351. The van der Waals surface area contributed by atoms with E-state index in [2.05, 4.69) is 10.6 Å². The highest BCUT2D eigenvalue weighted by Crippen LogP contribution is 2.26. The summed E-state index contributed by atoms with van der Waals surface area (Å²) in [4.78, 5) is 0.603. The maximum absolute atomic E-state index is 12.2. The number of hydrogen-bond acceptors (Lipinski definition) is 3. The van der Waals surface area contributed by atoms with Crippen molar-refractivity contribution in [1.82, 2.24) is 5.32 Å². The third-order valence-electron chi connectivity index (χ3n) is 3.04. The molecular weight excluding hydrogens is 254 g/mol. The number of nitrogens with one attached hydrogen (secondary N) is 2. The zero-order valence-electron chi connectivity index (χ0n) is 10.2. The molecule has 0 radical (unpaired) electrons. The second-order valence-electron chi connectivity index (χ2n) is 4.43. The Kier molecular flexibility index (Phi) is 5.26. The maximum atomic E-state index is 12.2. The van der Waals surface area contributed by atoms with Crippen molar-refractivity contribution >= 4 is 17.4 Å². The Morgan fingerprint density at radius 2 is 2.06 bits per heavy atom. The molecule has 0 aliphatic carbocycles. The molecule has 1 aromatic rings. The molecule has 1 aliphatic rings. The van der Waals surface area contributed by atoms with Crippen LogP contribution in [-0.2, 0) is 0 Å². The summed E-state index contributed by atoms with van der Waals surface area (Å²) >= 11 is 0.580. The predicted octanol–water partition coefficient (Wildman–Crippen LogP) is 3.56. The Hall–Kier alpha value is -0.810. The van der Waals surface area contributed by atoms with E-state index in [-0.39, 0.29) is 0 Å². The minimum Gasteiger partial charge on any atom is -0.383 e. The van der Waals surface area contributed by atoms with E-state index in [4.69, 9.17) is 0 Å². The Labute approximate surface area is 111 Å². The van der Waals surface area contributed by atoms with Gasteiger partial charge in [0.2, 0.25) is 0 Å². The summed E-state index contributed by atoms with van der Waals surface area (Å²) in [7, 11) is 0. The topological polar surface area (TPSA) is 24.1 Å². The van der Waals surface area contributed by atoms with Crippen LogP contribution in [-0.4, -0.2) is 24.9 Å². The molecule has 0 amide bonds. The van der Waals surface area contributed by atoms with E-state index in [1.54, 1.807) is 12.1 Å². The fraction of sp³-hybridized carbons (Fsp3) is 0.538. The summed E-state index contributed by atoms with van der Waals surface area (Å²) in [5.41, 5.74) is 0.987. The van der Waals surface area contributed by atoms with Crippen LogP contribution in [0.4, 0.5) is 14.5 Å². The molecule has 0 spiro atoms. The van der Waals surface area contributed by atoms with Crippen molar-refractivity contribution in [3.8, 4) is 0 Å². The molecule has 0 aromatic heterocycles. The van der Waals surface area contributed by atoms with Gasteiger partial charge in [0.05, 0.1) is 0 Å². The molecule has 100 valence electrons. The van der Waals surface area contributed by atoms with Gasteiger partial charge in [0.15, 0.2) is 0 Å². The molecule has 2 rings (SSSR count). The lowest BCUT2D eigenvalue weighted by atomic mass is 10.1. The van der Waals surface area contributed by atoms with Crippen LogP contribution in [0.1, 0.15) is 19.3 Å². The number of hydrogen-bond donors (Lipinski definition) is 2. The van der Waals surface area contributed by atoms with Gasteiger partial charge in [-0.25, -0.2) is 0 Å². The third kappa shape index (κ3) is 4.46. The first-order valence-electron chi connectivity index (χ1n) is 6.26. The second kappa shape index (κ2) is 6.95. The van der Waals surface area contributed by atoms with Crippen molar-refractivity contribution in [3.63, 3.8) is 0 Å². The Morgan fingerprint density at radius 3 is 2.67 bits per heavy atom. The van der Waals surface area contributed by atoms with Crippen LogP contribution in [0, 0.1) is 0 Å². The molecule has 1 aliphatic heterocycles. The van der Waals surface area contributed by atoms with Gasteiger partial charge in [0, 0.05) is 23.2 Å². The number of alkyl halides is 2. The van der Waals surface area contributed by atoms with E-state index in [9.17, 15) is 8.78 Å². The van der Waals surface area contributed by atoms with Gasteiger partial charge in [0.1, 0.15) is 0 Å². The minimum absolute atomic E-state index is 0.522. The minimum atomic E-state index is -2.35. The van der Waals surface area contributed by atoms with Gasteiger partial charge in [-0.05, 0) is 43.7 Å². The number of piperidine rings is 1. The fourth-order valence-corrected chi connectivity index (χ4v) is 2.59. The van der Waals surface area contributed by atoms with Crippen LogP contribution in [0.15, 0.2) is 29.2 Å². The van der Waals surface area contributed by atoms with Crippen molar-refractivity contribution in [3.05, 3.63) is 24.3 Å². The first kappa shape index (κ1) is 13.6. The molecule has 1 unspecified atom stereocenters. The molecule has 1 aromatic carbocycles. The van der Waals surface area contributed by atoms with E-state index >= 15 is 0 Å². The van der Waals surface area contributed by atoms with Crippen molar-refractivity contribution in [1.29, 1.82) is 0 Å². The molecule has 5 heteroatoms. The summed E-state index contributed by atoms with van der Waals surface area (Å²) in [6.45, 7) is 1.98. The standard InChI is InChI=1S/C13H18F2N2S/c14-13(15)18-12-6-4-10(5-7-12)17-9-11-3-1-2-8-16-11/h4-7,11,13,16-17H,1-3,8-9H2. The van der Waals surface area contributed by atoms with Crippen molar-refractivity contribution in [2.45, 2.75) is 36.0 Å². The molecule has 1 heterocycles. The lowest BCUT2D eigenvalue weighted by Crippen LogP contribution is -2.39. The maximum Gasteiger partial charge on any atom is 0.288 e. The van der Waals surface area contributed by atoms with E-state index < -0.39 is 5.76 Å². The lowest BCUT2D eigenvalue weighted by molar-refractivity contribution is 0.252. The molecular formula is C13H18F2N2S. The molecule has 2 N–H and O–H groups in total. The predicted molar refractivity (Wildman–Crippen MR) is 72.4 cm³/mol. The summed E-state index contributed by atoms with van der Waals surface area (Å²) in [6.07, 6.45) is 3.74. The summed E-state index contributed by atoms with van der Waals surface area (Å²) in [6, 6.07) is 7.69. The molecule has 1 fully saturated rings. The first-order valence-corrected chi connectivity index (χ1v) is 7.14. The summed E-state index contributed by atoms with van der Waals surface area (Å²) in [5, 5.41) is 6.80. The van der Waals surface area contributed by atoms with Crippen LogP contribution >= 0.6 is 11.8 Å². The van der Waals surface area contributed by atoms with Crippen LogP contribution in [0.25, 0.3) is 0 Å². The number of halogens is 2. The van der Waals surface area contributed by atoms with Crippen LogP contribution in [0.5, 0.6) is 0 Å². The van der Waals surface area contributed by atoms with Gasteiger partial charge in [0.25, 0.3) is 5.76 Å². The fourth-order valence-electron chi connectivity index (χ4n) is 2.09. The number of anilines is 1. The van der Waals surface area contributed by atoms with Crippen molar-refractivity contribution in [2.24, 2.45) is 0 Å². The third-order valence-corrected chi connectivity index (χ3v) is 3.77. The van der Waals surface area contributed by atoms with E-state index in [0.717, 1.165) is 18.8 Å². The van der Waals surface area contributed by atoms with Gasteiger partial charge < -0.3 is 10.6 Å². The quantitative estimate of drug-likeness (QED) is 0.802. The molecule has 1 atom stereocenters. The second-order valence-corrected chi connectivity index (χ2v) is 5.49. The largest absolute Gasteiger partial charge is 0.383 e. The van der Waals surface area contributed by atoms with Gasteiger partial charge in [-0.1, -0.05) is 18.2 Å². The molecule has 0 saturated carbocycles. The van der Waals surface area contributed by atoms with Gasteiger partial charge in [-0.15, -0.1) is 0 Å². The smallest absolute Gasteiger partial charge is 0.288 e. The number of thioether (sulfide) groups is 1. The lowest BCUT2D eigenvalue weighted by Gasteiger charge is -2.24. The van der Waals surface area contributed by atoms with Gasteiger partial charge >= 0.3 is 0 Å². The SMILES string of the molecule is FC(F)Sc1ccc(NCC2CCCCN2)cc1. The Morgan fingerprint density at radius 1 is 1.28 bits per heavy atom. The highest BCUT2D eigenvalue weighted by molar-refractivity contribution is 7.99. The molecule has 2 nitrogen and oxygen atoms in total. The average molecular weight is 272 g/mol.